The normalized spacial score (nSPS) is 22.8. The van der Waals surface area contributed by atoms with Gasteiger partial charge in [-0.2, -0.15) is 4.37 Å². The lowest BCUT2D eigenvalue weighted by Gasteiger charge is -2.45. The second-order valence-electron chi connectivity index (χ2n) is 13.5. The number of imidazole rings is 1. The minimum Gasteiger partial charge on any atom is -0.339 e. The first-order chi connectivity index (χ1) is 22.5. The summed E-state index contributed by atoms with van der Waals surface area (Å²) in [5.41, 5.74) is 5.22. The number of aryl methyl sites for hydroxylation is 1. The molecule has 9 heteroatoms. The Morgan fingerprint density at radius 1 is 0.935 bits per heavy atom. The number of aromatic amines is 1. The number of hydrogen-bond acceptors (Lipinski definition) is 6. The van der Waals surface area contributed by atoms with E-state index in [1.165, 1.54) is 36.8 Å². The average molecular weight is 633 g/mol. The summed E-state index contributed by atoms with van der Waals surface area (Å²) in [7, 11) is 0. The van der Waals surface area contributed by atoms with Crippen molar-refractivity contribution in [2.24, 2.45) is 0 Å². The number of amides is 1. The van der Waals surface area contributed by atoms with Crippen LogP contribution in [0, 0.1) is 6.92 Å². The van der Waals surface area contributed by atoms with Crippen molar-refractivity contribution in [3.05, 3.63) is 105 Å². The number of nitrogens with one attached hydrogen (secondary N) is 1. The van der Waals surface area contributed by atoms with E-state index in [0.717, 1.165) is 67.3 Å². The van der Waals surface area contributed by atoms with Gasteiger partial charge in [0.2, 0.25) is 0 Å². The van der Waals surface area contributed by atoms with E-state index < -0.39 is 0 Å². The summed E-state index contributed by atoms with van der Waals surface area (Å²) in [5, 5.41) is 0. The number of aromatic nitrogens is 4. The number of rotatable bonds is 7. The molecule has 2 unspecified atom stereocenters. The van der Waals surface area contributed by atoms with Gasteiger partial charge in [-0.1, -0.05) is 54.6 Å². The topological polar surface area (TPSA) is 87.1 Å². The molecule has 2 aromatic heterocycles. The lowest BCUT2D eigenvalue weighted by molar-refractivity contribution is 0.0607. The van der Waals surface area contributed by atoms with Gasteiger partial charge in [0.1, 0.15) is 5.82 Å². The van der Waals surface area contributed by atoms with Gasteiger partial charge in [0.25, 0.3) is 5.91 Å². The van der Waals surface area contributed by atoms with Crippen molar-refractivity contribution in [1.82, 2.24) is 28.7 Å². The Morgan fingerprint density at radius 2 is 1.67 bits per heavy atom. The van der Waals surface area contributed by atoms with Crippen LogP contribution in [-0.2, 0) is 5.41 Å². The van der Waals surface area contributed by atoms with Gasteiger partial charge >= 0.3 is 4.87 Å². The first kappa shape index (κ1) is 29.3. The van der Waals surface area contributed by atoms with Crippen molar-refractivity contribution in [1.29, 1.82) is 0 Å². The highest BCUT2D eigenvalue weighted by Gasteiger charge is 2.44. The summed E-state index contributed by atoms with van der Waals surface area (Å²) in [6.07, 6.45) is 7.94. The molecule has 0 aliphatic carbocycles. The van der Waals surface area contributed by atoms with Crippen LogP contribution in [0.4, 0.5) is 0 Å². The fraction of sp³-hybridized carbons (Fsp3) is 0.405. The van der Waals surface area contributed by atoms with Gasteiger partial charge in [0.15, 0.2) is 5.82 Å². The van der Waals surface area contributed by atoms with E-state index in [0.29, 0.717) is 29.5 Å². The van der Waals surface area contributed by atoms with E-state index in [4.69, 9.17) is 4.98 Å². The molecule has 3 atom stereocenters. The summed E-state index contributed by atoms with van der Waals surface area (Å²) in [6, 6.07) is 28.8. The monoisotopic (exact) mass is 632 g/mol. The first-order valence-electron chi connectivity index (χ1n) is 16.7. The van der Waals surface area contributed by atoms with Gasteiger partial charge in [0.05, 0.1) is 11.0 Å². The Bertz CT molecular complexity index is 1910. The van der Waals surface area contributed by atoms with Crippen molar-refractivity contribution in [3.8, 4) is 11.4 Å². The summed E-state index contributed by atoms with van der Waals surface area (Å²) >= 11 is 0.895. The molecule has 8 rings (SSSR count). The zero-order valence-corrected chi connectivity index (χ0v) is 27.1. The molecule has 0 spiro atoms. The molecule has 1 amide bonds. The molecule has 5 heterocycles. The zero-order chi connectivity index (χ0) is 31.3. The van der Waals surface area contributed by atoms with Crippen LogP contribution in [0.15, 0.2) is 83.7 Å². The van der Waals surface area contributed by atoms with Crippen LogP contribution in [-0.4, -0.2) is 66.3 Å². The SMILES string of the molecule is Cc1nc2ccccc2n1C1CC2CC[C@H](C1)N2CCC1(c2ccccc2)CCN(C(=O)c2cccc(-c3nsc(=O)[nH]3)c2)CC1. The van der Waals surface area contributed by atoms with Gasteiger partial charge in [-0.15, -0.1) is 0 Å². The van der Waals surface area contributed by atoms with Gasteiger partial charge in [-0.05, 0) is 93.7 Å². The summed E-state index contributed by atoms with van der Waals surface area (Å²) < 4.78 is 6.72. The van der Waals surface area contributed by atoms with Crippen molar-refractivity contribution in [2.45, 2.75) is 75.4 Å². The van der Waals surface area contributed by atoms with Crippen LogP contribution in [0.1, 0.15) is 72.7 Å². The van der Waals surface area contributed by atoms with E-state index in [2.05, 4.69) is 80.3 Å². The van der Waals surface area contributed by atoms with Crippen molar-refractivity contribution >= 4 is 28.5 Å². The van der Waals surface area contributed by atoms with Crippen LogP contribution in [0.2, 0.25) is 0 Å². The summed E-state index contributed by atoms with van der Waals surface area (Å²) in [5.74, 6) is 1.69. The maximum absolute atomic E-state index is 13.7. The Labute approximate surface area is 273 Å². The smallest absolute Gasteiger partial charge is 0.323 e. The first-order valence-corrected chi connectivity index (χ1v) is 17.5. The number of piperidine rings is 2. The van der Waals surface area contributed by atoms with Crippen LogP contribution in [0.3, 0.4) is 0 Å². The standard InChI is InChI=1S/C37H40N6O2S/c1-25-38-32-12-5-6-13-33(32)43(25)31-23-29-14-15-30(24-31)42(29)21-18-37(28-10-3-2-4-11-28)16-19-41(20-17-37)35(44)27-9-7-8-26(22-27)34-39-36(45)46-40-34/h2-13,22,29-31H,14-21,23-24H2,1H3,(H,39,40,45)/t29-,30?,31?/m1/s1. The van der Waals surface area contributed by atoms with E-state index in [1.54, 1.807) is 0 Å². The fourth-order valence-electron chi connectivity index (χ4n) is 8.74. The number of H-pyrrole nitrogens is 1. The average Bonchev–Trinajstić information content (AvgIpc) is 3.75. The number of benzene rings is 3. The van der Waals surface area contributed by atoms with Crippen LogP contribution in [0.25, 0.3) is 22.4 Å². The number of carbonyl (C=O) groups is 1. The van der Waals surface area contributed by atoms with E-state index in [9.17, 15) is 9.59 Å². The number of likely N-dealkylation sites (tertiary alicyclic amines) is 1. The Balaban J connectivity index is 0.970. The van der Waals surface area contributed by atoms with E-state index in [1.807, 2.05) is 29.2 Å². The second-order valence-corrected chi connectivity index (χ2v) is 14.2. The highest BCUT2D eigenvalue weighted by atomic mass is 32.1. The minimum atomic E-state index is -0.195. The molecular formula is C37H40N6O2S. The molecule has 3 fully saturated rings. The van der Waals surface area contributed by atoms with E-state index >= 15 is 0 Å². The van der Waals surface area contributed by atoms with Gasteiger partial charge in [-0.3, -0.25) is 19.5 Å². The third-order valence-corrected chi connectivity index (χ3v) is 11.6. The number of carbonyl (C=O) groups excluding carboxylic acids is 1. The summed E-state index contributed by atoms with van der Waals surface area (Å²) in [6.45, 7) is 4.72. The van der Waals surface area contributed by atoms with Crippen molar-refractivity contribution in [3.63, 3.8) is 0 Å². The molecule has 3 saturated heterocycles. The van der Waals surface area contributed by atoms with Crippen molar-refractivity contribution < 1.29 is 4.79 Å². The quantitative estimate of drug-likeness (QED) is 0.219. The molecule has 0 radical (unpaired) electrons. The molecule has 2 bridgehead atoms. The third-order valence-electron chi connectivity index (χ3n) is 11.1. The number of para-hydroxylation sites is 2. The van der Waals surface area contributed by atoms with Gasteiger partial charge < -0.3 is 9.47 Å². The second kappa shape index (κ2) is 11.9. The third kappa shape index (κ3) is 5.29. The molecule has 8 nitrogen and oxygen atoms in total. The minimum absolute atomic E-state index is 0.0449. The predicted octanol–water partition coefficient (Wildman–Crippen LogP) is 6.59. The molecular weight excluding hydrogens is 593 g/mol. The number of nitrogens with zero attached hydrogens (tertiary/aromatic N) is 5. The van der Waals surface area contributed by atoms with Crippen LogP contribution >= 0.6 is 11.5 Å². The molecule has 3 aliphatic heterocycles. The zero-order valence-electron chi connectivity index (χ0n) is 26.3. The largest absolute Gasteiger partial charge is 0.339 e. The van der Waals surface area contributed by atoms with Gasteiger partial charge in [0, 0.05) is 53.9 Å². The predicted molar refractivity (Wildman–Crippen MR) is 182 cm³/mol. The highest BCUT2D eigenvalue weighted by Crippen LogP contribution is 2.45. The van der Waals surface area contributed by atoms with Crippen molar-refractivity contribution in [2.75, 3.05) is 19.6 Å². The lowest BCUT2D eigenvalue weighted by atomic mass is 9.70. The Hall–Kier alpha value is -4.08. The number of hydrogen-bond donors (Lipinski definition) is 1. The maximum atomic E-state index is 13.7. The van der Waals surface area contributed by atoms with Crippen LogP contribution < -0.4 is 4.87 Å². The molecule has 0 saturated carbocycles. The van der Waals surface area contributed by atoms with E-state index in [-0.39, 0.29) is 16.2 Å². The molecule has 236 valence electrons. The highest BCUT2D eigenvalue weighted by molar-refractivity contribution is 7.03. The molecule has 3 aliphatic rings. The van der Waals surface area contributed by atoms with Gasteiger partial charge in [-0.25, -0.2) is 4.98 Å². The lowest BCUT2D eigenvalue weighted by Crippen LogP contribution is -2.49. The molecule has 1 N–H and O–H groups in total. The molecule has 46 heavy (non-hydrogen) atoms. The fourth-order valence-corrected chi connectivity index (χ4v) is 9.21. The Kier molecular flexibility index (Phi) is 7.61. The Morgan fingerprint density at radius 3 is 2.41 bits per heavy atom. The molecule has 3 aromatic carbocycles. The number of fused-ring (bicyclic) bond motifs is 3. The maximum Gasteiger partial charge on any atom is 0.323 e. The van der Waals surface area contributed by atoms with Crippen LogP contribution in [0.5, 0.6) is 0 Å². The summed E-state index contributed by atoms with van der Waals surface area (Å²) in [4.78, 5) is 37.6. The molecule has 5 aromatic rings.